The monoisotopic (exact) mass is 492 g/mol. The molecule has 7 nitrogen and oxygen atoms in total. The smallest absolute Gasteiger partial charge is 0.338 e. The van der Waals surface area contributed by atoms with Gasteiger partial charge in [0.25, 0.3) is 5.56 Å². The Morgan fingerprint density at radius 1 is 1.20 bits per heavy atom. The number of nitrogens with zero attached hydrogens (tertiary/aromatic N) is 2. The van der Waals surface area contributed by atoms with Crippen LogP contribution in [0.3, 0.4) is 0 Å². The summed E-state index contributed by atoms with van der Waals surface area (Å²) in [5, 5.41) is 0. The Morgan fingerprint density at radius 2 is 1.94 bits per heavy atom. The molecule has 9 heteroatoms. The van der Waals surface area contributed by atoms with Crippen LogP contribution >= 0.6 is 11.3 Å². The second-order valence-electron chi connectivity index (χ2n) is 8.45. The molecule has 0 amide bonds. The molecule has 3 heterocycles. The molecule has 1 fully saturated rings. The number of allylic oxidation sites excluding steroid dienone is 1. The van der Waals surface area contributed by atoms with Gasteiger partial charge in [0.15, 0.2) is 4.80 Å². The Balaban J connectivity index is 1.64. The number of fused-ring (bicyclic) bond motifs is 1. The first kappa shape index (κ1) is 23.3. The van der Waals surface area contributed by atoms with Gasteiger partial charge in [0.05, 0.1) is 34.5 Å². The summed E-state index contributed by atoms with van der Waals surface area (Å²) in [6.07, 6.45) is 1.97. The number of esters is 1. The zero-order valence-electron chi connectivity index (χ0n) is 19.3. The number of carbonyl (C=O) groups excluding carboxylic acids is 1. The maximum Gasteiger partial charge on any atom is 0.338 e. The molecule has 0 spiro atoms. The number of nitrogens with one attached hydrogen (secondary N) is 2. The molecule has 0 bridgehead atoms. The summed E-state index contributed by atoms with van der Waals surface area (Å²) >= 11 is 1.29. The fourth-order valence-corrected chi connectivity index (χ4v) is 5.71. The van der Waals surface area contributed by atoms with Gasteiger partial charge in [-0.05, 0) is 37.1 Å². The highest BCUT2D eigenvalue weighted by Crippen LogP contribution is 2.31. The molecular weight excluding hydrogens is 467 g/mol. The number of aromatic nitrogens is 1. The number of thiazole rings is 1. The van der Waals surface area contributed by atoms with Crippen molar-refractivity contribution >= 4 is 23.4 Å². The summed E-state index contributed by atoms with van der Waals surface area (Å²) < 4.78 is 21.0. The number of halogens is 1. The first-order valence-corrected chi connectivity index (χ1v) is 12.3. The number of rotatable bonds is 5. The molecule has 2 aromatic carbocycles. The molecule has 0 saturated carbocycles. The second kappa shape index (κ2) is 9.69. The SMILES string of the molecule is CCOC(=O)C1=C(C)N=c2s/c(=C/C3CNNC3c3ccccc3)c(=O)n2C1c1ccc(F)cc1. The first-order valence-electron chi connectivity index (χ1n) is 11.5. The number of hydrogen-bond donors (Lipinski definition) is 2. The zero-order chi connectivity index (χ0) is 24.5. The quantitative estimate of drug-likeness (QED) is 0.535. The molecule has 180 valence electrons. The third-order valence-electron chi connectivity index (χ3n) is 6.25. The van der Waals surface area contributed by atoms with Crippen LogP contribution in [-0.2, 0) is 9.53 Å². The van der Waals surface area contributed by atoms with E-state index in [-0.39, 0.29) is 29.7 Å². The van der Waals surface area contributed by atoms with Crippen LogP contribution in [0.15, 0.2) is 75.7 Å². The highest BCUT2D eigenvalue weighted by molar-refractivity contribution is 7.07. The van der Waals surface area contributed by atoms with Gasteiger partial charge >= 0.3 is 5.97 Å². The molecule has 5 rings (SSSR count). The van der Waals surface area contributed by atoms with Gasteiger partial charge < -0.3 is 4.74 Å². The minimum atomic E-state index is -0.752. The van der Waals surface area contributed by atoms with Crippen LogP contribution in [0.5, 0.6) is 0 Å². The molecule has 3 atom stereocenters. The predicted octanol–water partition coefficient (Wildman–Crippen LogP) is 2.35. The number of benzene rings is 2. The van der Waals surface area contributed by atoms with Crippen LogP contribution in [0.4, 0.5) is 4.39 Å². The van der Waals surface area contributed by atoms with Crippen molar-refractivity contribution in [2.45, 2.75) is 25.9 Å². The van der Waals surface area contributed by atoms with Gasteiger partial charge in [0, 0.05) is 12.5 Å². The van der Waals surface area contributed by atoms with Gasteiger partial charge in [-0.15, -0.1) is 0 Å². The van der Waals surface area contributed by atoms with Crippen molar-refractivity contribution in [2.75, 3.05) is 13.2 Å². The van der Waals surface area contributed by atoms with Crippen molar-refractivity contribution in [1.29, 1.82) is 0 Å². The second-order valence-corrected chi connectivity index (χ2v) is 9.46. The van der Waals surface area contributed by atoms with Gasteiger partial charge in [-0.3, -0.25) is 14.8 Å². The Labute approximate surface area is 205 Å². The van der Waals surface area contributed by atoms with Crippen molar-refractivity contribution in [3.63, 3.8) is 0 Å². The lowest BCUT2D eigenvalue weighted by atomic mass is 9.94. The maximum absolute atomic E-state index is 13.7. The topological polar surface area (TPSA) is 84.7 Å². The van der Waals surface area contributed by atoms with E-state index in [4.69, 9.17) is 4.74 Å². The Hall–Kier alpha value is -3.40. The van der Waals surface area contributed by atoms with Gasteiger partial charge in [0.1, 0.15) is 5.82 Å². The molecule has 0 aliphatic carbocycles. The third-order valence-corrected chi connectivity index (χ3v) is 7.25. The molecule has 3 aromatic rings. The van der Waals surface area contributed by atoms with Crippen LogP contribution in [-0.4, -0.2) is 23.7 Å². The van der Waals surface area contributed by atoms with Gasteiger partial charge in [-0.1, -0.05) is 59.9 Å². The Bertz CT molecular complexity index is 1460. The third kappa shape index (κ3) is 4.38. The van der Waals surface area contributed by atoms with Crippen molar-refractivity contribution in [3.05, 3.63) is 102 Å². The van der Waals surface area contributed by atoms with Crippen molar-refractivity contribution in [2.24, 2.45) is 10.9 Å². The van der Waals surface area contributed by atoms with E-state index in [1.54, 1.807) is 26.0 Å². The lowest BCUT2D eigenvalue weighted by Crippen LogP contribution is -2.40. The molecule has 2 aliphatic rings. The molecule has 2 N–H and O–H groups in total. The van der Waals surface area contributed by atoms with Crippen LogP contribution in [0.25, 0.3) is 6.08 Å². The molecule has 3 unspecified atom stereocenters. The fraction of sp³-hybridized carbons (Fsp3) is 0.269. The summed E-state index contributed by atoms with van der Waals surface area (Å²) in [5.74, 6) is -0.896. The predicted molar refractivity (Wildman–Crippen MR) is 132 cm³/mol. The summed E-state index contributed by atoms with van der Waals surface area (Å²) in [7, 11) is 0. The molecular formula is C26H25FN4O3S. The average Bonchev–Trinajstić information content (AvgIpc) is 3.44. The van der Waals surface area contributed by atoms with Gasteiger partial charge in [-0.25, -0.2) is 19.6 Å². The number of ether oxygens (including phenoxy) is 1. The number of hydrazine groups is 1. The minimum absolute atomic E-state index is 0.0134. The summed E-state index contributed by atoms with van der Waals surface area (Å²) in [4.78, 5) is 31.7. The lowest BCUT2D eigenvalue weighted by Gasteiger charge is -2.24. The van der Waals surface area contributed by atoms with E-state index in [0.717, 1.165) is 5.56 Å². The van der Waals surface area contributed by atoms with Crippen molar-refractivity contribution in [3.8, 4) is 0 Å². The normalized spacial score (nSPS) is 22.1. The Morgan fingerprint density at radius 3 is 2.66 bits per heavy atom. The van der Waals surface area contributed by atoms with E-state index in [1.807, 2.05) is 24.3 Å². The van der Waals surface area contributed by atoms with Crippen LogP contribution in [0, 0.1) is 11.7 Å². The standard InChI is InChI=1S/C26H25FN4O3S/c1-3-34-25(33)21-15(2)29-26-31(23(21)17-9-11-19(27)12-10-17)24(32)20(35-26)13-18-14-28-30-22(18)16-7-5-4-6-8-16/h4-13,18,22-23,28,30H,3,14H2,1-2H3/b20-13+. The number of hydrogen-bond acceptors (Lipinski definition) is 7. The highest BCUT2D eigenvalue weighted by Gasteiger charge is 2.34. The minimum Gasteiger partial charge on any atom is -0.463 e. The van der Waals surface area contributed by atoms with Crippen LogP contribution in [0.2, 0.25) is 0 Å². The molecule has 2 aliphatic heterocycles. The van der Waals surface area contributed by atoms with E-state index in [9.17, 15) is 14.0 Å². The Kier molecular flexibility index (Phi) is 6.46. The van der Waals surface area contributed by atoms with Crippen molar-refractivity contribution < 1.29 is 13.9 Å². The maximum atomic E-state index is 13.7. The summed E-state index contributed by atoms with van der Waals surface area (Å²) in [5.41, 5.74) is 8.75. The number of carbonyl (C=O) groups is 1. The van der Waals surface area contributed by atoms with E-state index < -0.39 is 17.8 Å². The van der Waals surface area contributed by atoms with Gasteiger partial charge in [-0.2, -0.15) is 0 Å². The summed E-state index contributed by atoms with van der Waals surface area (Å²) in [6, 6.07) is 15.1. The summed E-state index contributed by atoms with van der Waals surface area (Å²) in [6.45, 7) is 4.31. The van der Waals surface area contributed by atoms with E-state index >= 15 is 0 Å². The van der Waals surface area contributed by atoms with E-state index in [2.05, 4.69) is 28.0 Å². The van der Waals surface area contributed by atoms with Gasteiger partial charge in [0.2, 0.25) is 0 Å². The molecule has 1 aromatic heterocycles. The van der Waals surface area contributed by atoms with Crippen LogP contribution in [0.1, 0.15) is 37.1 Å². The molecule has 35 heavy (non-hydrogen) atoms. The van der Waals surface area contributed by atoms with E-state index in [1.165, 1.54) is 28.0 Å². The average molecular weight is 493 g/mol. The lowest BCUT2D eigenvalue weighted by molar-refractivity contribution is -0.139. The highest BCUT2D eigenvalue weighted by atomic mass is 32.1. The molecule has 0 radical (unpaired) electrons. The van der Waals surface area contributed by atoms with E-state index in [0.29, 0.717) is 27.1 Å². The zero-order valence-corrected chi connectivity index (χ0v) is 20.1. The fourth-order valence-electron chi connectivity index (χ4n) is 4.62. The largest absolute Gasteiger partial charge is 0.463 e. The molecule has 1 saturated heterocycles. The van der Waals surface area contributed by atoms with Crippen molar-refractivity contribution in [1.82, 2.24) is 15.4 Å². The first-order chi connectivity index (χ1) is 17.0. The van der Waals surface area contributed by atoms with Crippen LogP contribution < -0.4 is 25.7 Å².